The van der Waals surface area contributed by atoms with Crippen LogP contribution in [0.25, 0.3) is 0 Å². The van der Waals surface area contributed by atoms with Crippen LogP contribution in [0.2, 0.25) is 0 Å². The number of hydrogen-bond acceptors (Lipinski definition) is 5. The summed E-state index contributed by atoms with van der Waals surface area (Å²) in [7, 11) is 3.18. The Labute approximate surface area is 204 Å². The number of rotatable bonds is 7. The molecule has 7 heteroatoms. The number of phenolic OH excluding ortho intramolecular Hbond substituents is 1. The van der Waals surface area contributed by atoms with Crippen molar-refractivity contribution >= 4 is 17.7 Å². The summed E-state index contributed by atoms with van der Waals surface area (Å²) in [6.45, 7) is 5.85. The van der Waals surface area contributed by atoms with Crippen molar-refractivity contribution in [2.24, 2.45) is 0 Å². The molecule has 1 heterocycles. The molecular weight excluding hydrogens is 448 g/mol. The van der Waals surface area contributed by atoms with Gasteiger partial charge >= 0.3 is 0 Å². The summed E-state index contributed by atoms with van der Waals surface area (Å²) in [6, 6.07) is 17.0. The topological polar surface area (TPSA) is 72.8 Å². The van der Waals surface area contributed by atoms with Crippen molar-refractivity contribution in [3.8, 4) is 11.5 Å². The highest BCUT2D eigenvalue weighted by Crippen LogP contribution is 2.36. The Morgan fingerprint density at radius 2 is 1.79 bits per heavy atom. The van der Waals surface area contributed by atoms with Crippen molar-refractivity contribution in [3.63, 3.8) is 0 Å². The SMILES string of the molecule is Cc1ccc(Sc2cc(C(=O)N3Cc4ccc(OCC[N+](C)(C)[O-])cc4C3)ccc2O)cc1C. The molecule has 0 aliphatic carbocycles. The third kappa shape index (κ3) is 5.73. The van der Waals surface area contributed by atoms with Crippen LogP contribution in [0.1, 0.15) is 32.6 Å². The molecule has 178 valence electrons. The van der Waals surface area contributed by atoms with E-state index in [0.717, 1.165) is 16.0 Å². The van der Waals surface area contributed by atoms with Crippen LogP contribution in [0.5, 0.6) is 11.5 Å². The molecule has 1 aliphatic heterocycles. The van der Waals surface area contributed by atoms with Crippen molar-refractivity contribution in [2.45, 2.75) is 36.7 Å². The van der Waals surface area contributed by atoms with Gasteiger partial charge in [-0.15, -0.1) is 0 Å². The summed E-state index contributed by atoms with van der Waals surface area (Å²) >= 11 is 1.45. The third-order valence-corrected chi connectivity index (χ3v) is 7.04. The molecule has 0 fully saturated rings. The first-order valence-electron chi connectivity index (χ1n) is 11.2. The number of quaternary nitrogens is 1. The van der Waals surface area contributed by atoms with Gasteiger partial charge in [-0.05, 0) is 78.6 Å². The lowest BCUT2D eigenvalue weighted by molar-refractivity contribution is -0.840. The van der Waals surface area contributed by atoms with E-state index in [-0.39, 0.29) is 11.7 Å². The minimum Gasteiger partial charge on any atom is -0.633 e. The number of carbonyl (C=O) groups is 1. The summed E-state index contributed by atoms with van der Waals surface area (Å²) in [4.78, 5) is 16.7. The molecule has 0 bridgehead atoms. The summed E-state index contributed by atoms with van der Waals surface area (Å²) in [5.74, 6) is 0.787. The molecule has 4 rings (SSSR count). The van der Waals surface area contributed by atoms with Crippen LogP contribution in [0.15, 0.2) is 64.4 Å². The first-order valence-corrected chi connectivity index (χ1v) is 12.1. The molecule has 3 aromatic rings. The highest BCUT2D eigenvalue weighted by molar-refractivity contribution is 7.99. The molecule has 0 radical (unpaired) electrons. The minimum atomic E-state index is -0.399. The molecule has 6 nitrogen and oxygen atoms in total. The van der Waals surface area contributed by atoms with Crippen LogP contribution in [-0.2, 0) is 13.1 Å². The lowest BCUT2D eigenvalue weighted by Gasteiger charge is -2.33. The molecule has 1 amide bonds. The van der Waals surface area contributed by atoms with Gasteiger partial charge in [0.2, 0.25) is 0 Å². The summed E-state index contributed by atoms with van der Waals surface area (Å²) < 4.78 is 5.34. The van der Waals surface area contributed by atoms with E-state index in [1.54, 1.807) is 37.2 Å². The highest BCUT2D eigenvalue weighted by Gasteiger charge is 2.25. The van der Waals surface area contributed by atoms with Gasteiger partial charge in [-0.3, -0.25) is 4.79 Å². The van der Waals surface area contributed by atoms with E-state index in [4.69, 9.17) is 4.74 Å². The fraction of sp³-hybridized carbons (Fsp3) is 0.296. The number of aryl methyl sites for hydroxylation is 2. The molecule has 0 saturated carbocycles. The normalized spacial score (nSPS) is 13.1. The summed E-state index contributed by atoms with van der Waals surface area (Å²) in [5, 5.41) is 22.1. The maximum Gasteiger partial charge on any atom is 0.254 e. The quantitative estimate of drug-likeness (QED) is 0.370. The number of carbonyl (C=O) groups excluding carboxylic acids is 1. The molecule has 0 spiro atoms. The predicted octanol–water partition coefficient (Wildman–Crippen LogP) is 5.27. The van der Waals surface area contributed by atoms with Crippen LogP contribution in [0, 0.1) is 19.1 Å². The van der Waals surface area contributed by atoms with E-state index in [0.29, 0.717) is 42.4 Å². The van der Waals surface area contributed by atoms with Gasteiger partial charge in [-0.1, -0.05) is 23.9 Å². The van der Waals surface area contributed by atoms with Gasteiger partial charge in [-0.25, -0.2) is 0 Å². The van der Waals surface area contributed by atoms with E-state index in [2.05, 4.69) is 26.0 Å². The number of amides is 1. The Balaban J connectivity index is 1.45. The standard InChI is InChI=1S/C27H30N2O4S/c1-18-5-9-24(13-19(18)2)34-26-15-20(7-10-25(26)30)27(31)28-16-21-6-8-23(14-22(21)17-28)33-12-11-29(3,4)32/h5-10,13-15,30H,11-12,16-17H2,1-4H3. The fourth-order valence-corrected chi connectivity index (χ4v) is 4.79. The number of ether oxygens (including phenoxy) is 1. The number of benzene rings is 3. The zero-order chi connectivity index (χ0) is 24.5. The van der Waals surface area contributed by atoms with Crippen molar-refractivity contribution in [2.75, 3.05) is 27.2 Å². The predicted molar refractivity (Wildman–Crippen MR) is 134 cm³/mol. The van der Waals surface area contributed by atoms with Crippen LogP contribution >= 0.6 is 11.8 Å². The average Bonchev–Trinajstić information content (AvgIpc) is 3.20. The lowest BCUT2D eigenvalue weighted by atomic mass is 10.1. The van der Waals surface area contributed by atoms with Gasteiger partial charge in [0.05, 0.1) is 19.0 Å². The Hall–Kier alpha value is -3.00. The van der Waals surface area contributed by atoms with Crippen molar-refractivity contribution in [1.29, 1.82) is 0 Å². The molecule has 3 aromatic carbocycles. The third-order valence-electron chi connectivity index (χ3n) is 6.00. The molecule has 1 N–H and O–H groups in total. The van der Waals surface area contributed by atoms with Gasteiger partial charge in [0.1, 0.15) is 24.7 Å². The smallest absolute Gasteiger partial charge is 0.254 e. The Kier molecular flexibility index (Phi) is 6.89. The second-order valence-corrected chi connectivity index (χ2v) is 10.4. The van der Waals surface area contributed by atoms with E-state index in [9.17, 15) is 15.1 Å². The zero-order valence-corrected chi connectivity index (χ0v) is 20.8. The Morgan fingerprint density at radius 3 is 2.53 bits per heavy atom. The van der Waals surface area contributed by atoms with Gasteiger partial charge in [0, 0.05) is 23.5 Å². The van der Waals surface area contributed by atoms with E-state index in [1.165, 1.54) is 22.9 Å². The lowest BCUT2D eigenvalue weighted by Crippen LogP contribution is -2.36. The van der Waals surface area contributed by atoms with Crippen LogP contribution in [-0.4, -0.2) is 47.8 Å². The molecule has 0 aromatic heterocycles. The van der Waals surface area contributed by atoms with Gasteiger partial charge in [-0.2, -0.15) is 0 Å². The summed E-state index contributed by atoms with van der Waals surface area (Å²) in [6.07, 6.45) is 0. The molecular formula is C27H30N2O4S. The molecule has 0 unspecified atom stereocenters. The number of hydrogen-bond donors (Lipinski definition) is 1. The highest BCUT2D eigenvalue weighted by atomic mass is 32.2. The first-order chi connectivity index (χ1) is 16.1. The van der Waals surface area contributed by atoms with Gasteiger partial charge in [0.15, 0.2) is 0 Å². The second kappa shape index (κ2) is 9.70. The van der Waals surface area contributed by atoms with Crippen molar-refractivity contribution in [1.82, 2.24) is 4.90 Å². The van der Waals surface area contributed by atoms with E-state index < -0.39 is 4.65 Å². The maximum absolute atomic E-state index is 13.3. The van der Waals surface area contributed by atoms with E-state index >= 15 is 0 Å². The monoisotopic (exact) mass is 478 g/mol. The first kappa shape index (κ1) is 24.1. The fourth-order valence-electron chi connectivity index (χ4n) is 3.80. The maximum atomic E-state index is 13.3. The number of nitrogens with zero attached hydrogens (tertiary/aromatic N) is 2. The van der Waals surface area contributed by atoms with Crippen LogP contribution in [0.3, 0.4) is 0 Å². The van der Waals surface area contributed by atoms with Crippen molar-refractivity contribution in [3.05, 3.63) is 87.6 Å². The number of likely N-dealkylation sites (N-methyl/N-ethyl adjacent to an activating group) is 1. The zero-order valence-electron chi connectivity index (χ0n) is 20.0. The van der Waals surface area contributed by atoms with Crippen LogP contribution < -0.4 is 4.74 Å². The second-order valence-electron chi connectivity index (χ2n) is 9.27. The van der Waals surface area contributed by atoms with E-state index in [1.807, 2.05) is 24.3 Å². The molecule has 0 saturated heterocycles. The van der Waals surface area contributed by atoms with Crippen LogP contribution in [0.4, 0.5) is 0 Å². The molecule has 0 atom stereocenters. The van der Waals surface area contributed by atoms with Gasteiger partial charge < -0.3 is 24.6 Å². The number of phenols is 1. The minimum absolute atomic E-state index is 0.0778. The van der Waals surface area contributed by atoms with Crippen molar-refractivity contribution < 1.29 is 19.3 Å². The number of hydroxylamine groups is 3. The summed E-state index contributed by atoms with van der Waals surface area (Å²) in [5.41, 5.74) is 5.08. The van der Waals surface area contributed by atoms with Gasteiger partial charge in [0.25, 0.3) is 5.91 Å². The number of aromatic hydroxyl groups is 1. The number of fused-ring (bicyclic) bond motifs is 1. The average molecular weight is 479 g/mol. The Morgan fingerprint density at radius 1 is 1.03 bits per heavy atom. The molecule has 1 aliphatic rings. The largest absolute Gasteiger partial charge is 0.633 e. The molecule has 34 heavy (non-hydrogen) atoms. The Bertz CT molecular complexity index is 1220.